The van der Waals surface area contributed by atoms with E-state index in [0.717, 1.165) is 17.1 Å². The number of imidazole rings is 1. The number of nitrogens with one attached hydrogen (secondary N) is 1. The number of hydrogen-bond donors (Lipinski definition) is 1. The largest absolute Gasteiger partial charge is 0.342 e. The zero-order chi connectivity index (χ0) is 12.8. The van der Waals surface area contributed by atoms with E-state index in [1.54, 1.807) is 0 Å². The predicted octanol–water partition coefficient (Wildman–Crippen LogP) is 1.91. The highest BCUT2D eigenvalue weighted by Gasteiger charge is 2.33. The molecule has 2 heterocycles. The van der Waals surface area contributed by atoms with Gasteiger partial charge in [-0.15, -0.1) is 0 Å². The summed E-state index contributed by atoms with van der Waals surface area (Å²) in [5, 5.41) is 2.95. The summed E-state index contributed by atoms with van der Waals surface area (Å²) in [5.41, 5.74) is 1.57. The minimum Gasteiger partial charge on any atom is -0.342 e. The highest BCUT2D eigenvalue weighted by Crippen LogP contribution is 2.27. The molecule has 0 saturated heterocycles. The Bertz CT molecular complexity index is 599. The fourth-order valence-corrected chi connectivity index (χ4v) is 2.38. The van der Waals surface area contributed by atoms with E-state index in [4.69, 9.17) is 0 Å². The number of carbonyl (C=O) groups is 1. The zero-order valence-corrected chi connectivity index (χ0v) is 10.5. The van der Waals surface area contributed by atoms with Crippen molar-refractivity contribution in [3.63, 3.8) is 0 Å². The third kappa shape index (κ3) is 1.70. The number of aromatic nitrogens is 2. The van der Waals surface area contributed by atoms with E-state index in [-0.39, 0.29) is 5.91 Å². The van der Waals surface area contributed by atoms with Gasteiger partial charge < -0.3 is 9.88 Å². The first-order valence-corrected chi connectivity index (χ1v) is 6.00. The summed E-state index contributed by atoms with van der Waals surface area (Å²) in [6, 6.07) is 10.0. The first kappa shape index (κ1) is 11.0. The van der Waals surface area contributed by atoms with Gasteiger partial charge in [0.25, 0.3) is 0 Å². The molecule has 2 aromatic rings. The molecule has 1 N–H and O–H groups in total. The van der Waals surface area contributed by atoms with Crippen LogP contribution < -0.4 is 5.32 Å². The highest BCUT2D eigenvalue weighted by atomic mass is 16.2. The molecule has 0 spiro atoms. The maximum absolute atomic E-state index is 11.6. The molecule has 92 valence electrons. The van der Waals surface area contributed by atoms with E-state index in [1.165, 1.54) is 0 Å². The summed E-state index contributed by atoms with van der Waals surface area (Å²) in [4.78, 5) is 16.3. The second kappa shape index (κ2) is 3.70. The molecule has 0 saturated carbocycles. The van der Waals surface area contributed by atoms with Crippen molar-refractivity contribution in [3.8, 4) is 11.3 Å². The fraction of sp³-hybridized carbons (Fsp3) is 0.286. The molecular formula is C14H15N3O. The molecule has 0 fully saturated rings. The van der Waals surface area contributed by atoms with Crippen LogP contribution in [-0.2, 0) is 16.9 Å². The molecule has 0 atom stereocenters. The van der Waals surface area contributed by atoms with Gasteiger partial charge in [0.15, 0.2) is 0 Å². The third-order valence-corrected chi connectivity index (χ3v) is 3.17. The summed E-state index contributed by atoms with van der Waals surface area (Å²) in [7, 11) is 0. The Morgan fingerprint density at radius 3 is 2.72 bits per heavy atom. The molecule has 3 rings (SSSR count). The van der Waals surface area contributed by atoms with Gasteiger partial charge in [0.1, 0.15) is 12.4 Å². The lowest BCUT2D eigenvalue weighted by atomic mass is 10.0. The smallest absolute Gasteiger partial charge is 0.240 e. The molecule has 4 heteroatoms. The van der Waals surface area contributed by atoms with E-state index < -0.39 is 5.54 Å². The van der Waals surface area contributed by atoms with Crippen molar-refractivity contribution < 1.29 is 4.79 Å². The Morgan fingerprint density at radius 2 is 2.00 bits per heavy atom. The standard InChI is InChI=1S/C14H15N3O/c1-14(2)13-15-11(10-6-4-3-5-7-10)8-17(13)9-12(18)16-14/h3-8H,9H2,1-2H3,(H,16,18). The van der Waals surface area contributed by atoms with E-state index in [0.29, 0.717) is 6.54 Å². The average Bonchev–Trinajstić information content (AvgIpc) is 2.74. The number of rotatable bonds is 1. The molecule has 0 bridgehead atoms. The van der Waals surface area contributed by atoms with Gasteiger partial charge in [-0.1, -0.05) is 30.3 Å². The number of amides is 1. The lowest BCUT2D eigenvalue weighted by Gasteiger charge is -2.30. The molecule has 0 radical (unpaired) electrons. The van der Waals surface area contributed by atoms with Gasteiger partial charge >= 0.3 is 0 Å². The quantitative estimate of drug-likeness (QED) is 0.829. The lowest BCUT2D eigenvalue weighted by molar-refractivity contribution is -0.124. The number of nitrogens with zero attached hydrogens (tertiary/aromatic N) is 2. The van der Waals surface area contributed by atoms with Crippen LogP contribution in [0.2, 0.25) is 0 Å². The Balaban J connectivity index is 2.10. The maximum Gasteiger partial charge on any atom is 0.240 e. The van der Waals surface area contributed by atoms with Gasteiger partial charge in [0.05, 0.1) is 11.2 Å². The van der Waals surface area contributed by atoms with Crippen LogP contribution in [0.4, 0.5) is 0 Å². The molecule has 1 aliphatic heterocycles. The summed E-state index contributed by atoms with van der Waals surface area (Å²) in [6.45, 7) is 4.29. The molecule has 0 aliphatic carbocycles. The lowest BCUT2D eigenvalue weighted by Crippen LogP contribution is -2.48. The van der Waals surface area contributed by atoms with Crippen LogP contribution in [0.1, 0.15) is 19.7 Å². The van der Waals surface area contributed by atoms with Crippen LogP contribution in [0.15, 0.2) is 36.5 Å². The van der Waals surface area contributed by atoms with Crippen LogP contribution in [0.5, 0.6) is 0 Å². The fourth-order valence-electron chi connectivity index (χ4n) is 2.38. The first-order chi connectivity index (χ1) is 8.56. The maximum atomic E-state index is 11.6. The average molecular weight is 241 g/mol. The number of fused-ring (bicyclic) bond motifs is 1. The van der Waals surface area contributed by atoms with Crippen molar-refractivity contribution in [1.82, 2.24) is 14.9 Å². The van der Waals surface area contributed by atoms with Crippen LogP contribution in [0.25, 0.3) is 11.3 Å². The Kier molecular flexibility index (Phi) is 2.26. The van der Waals surface area contributed by atoms with E-state index in [9.17, 15) is 4.79 Å². The van der Waals surface area contributed by atoms with Gasteiger partial charge in [-0.3, -0.25) is 4.79 Å². The minimum atomic E-state index is -0.414. The normalized spacial score (nSPS) is 17.1. The molecule has 1 aromatic heterocycles. The van der Waals surface area contributed by atoms with Gasteiger partial charge in [0.2, 0.25) is 5.91 Å². The summed E-state index contributed by atoms with van der Waals surface area (Å²) < 4.78 is 1.93. The summed E-state index contributed by atoms with van der Waals surface area (Å²) in [6.07, 6.45) is 1.95. The van der Waals surface area contributed by atoms with Crippen LogP contribution in [0, 0.1) is 0 Å². The highest BCUT2D eigenvalue weighted by molar-refractivity contribution is 5.78. The van der Waals surface area contributed by atoms with E-state index >= 15 is 0 Å². The predicted molar refractivity (Wildman–Crippen MR) is 68.8 cm³/mol. The summed E-state index contributed by atoms with van der Waals surface area (Å²) >= 11 is 0. The van der Waals surface area contributed by atoms with Crippen molar-refractivity contribution in [2.24, 2.45) is 0 Å². The van der Waals surface area contributed by atoms with Crippen molar-refractivity contribution in [1.29, 1.82) is 0 Å². The number of benzene rings is 1. The van der Waals surface area contributed by atoms with E-state index in [2.05, 4.69) is 10.3 Å². The van der Waals surface area contributed by atoms with Crippen molar-refractivity contribution >= 4 is 5.91 Å². The van der Waals surface area contributed by atoms with Gasteiger partial charge in [-0.25, -0.2) is 4.98 Å². The van der Waals surface area contributed by atoms with Crippen molar-refractivity contribution in [2.75, 3.05) is 0 Å². The molecule has 4 nitrogen and oxygen atoms in total. The number of carbonyl (C=O) groups excluding carboxylic acids is 1. The van der Waals surface area contributed by atoms with Crippen LogP contribution in [0.3, 0.4) is 0 Å². The zero-order valence-electron chi connectivity index (χ0n) is 10.5. The second-order valence-corrected chi connectivity index (χ2v) is 5.12. The third-order valence-electron chi connectivity index (χ3n) is 3.17. The monoisotopic (exact) mass is 241 g/mol. The Morgan fingerprint density at radius 1 is 1.28 bits per heavy atom. The molecule has 0 unspecified atom stereocenters. The van der Waals surface area contributed by atoms with Crippen LogP contribution in [-0.4, -0.2) is 15.5 Å². The van der Waals surface area contributed by atoms with Crippen LogP contribution >= 0.6 is 0 Å². The Labute approximate surface area is 106 Å². The molecule has 1 aromatic carbocycles. The summed E-state index contributed by atoms with van der Waals surface area (Å²) in [5.74, 6) is 0.936. The van der Waals surface area contributed by atoms with Gasteiger partial charge in [-0.2, -0.15) is 0 Å². The SMILES string of the molecule is CC1(C)NC(=O)Cn2cc(-c3ccccc3)nc21. The van der Waals surface area contributed by atoms with Gasteiger partial charge in [0, 0.05) is 11.8 Å². The first-order valence-electron chi connectivity index (χ1n) is 6.00. The molecule has 1 amide bonds. The molecule has 1 aliphatic rings. The Hall–Kier alpha value is -2.10. The topological polar surface area (TPSA) is 46.9 Å². The molecule has 18 heavy (non-hydrogen) atoms. The molecular weight excluding hydrogens is 226 g/mol. The minimum absolute atomic E-state index is 0.0320. The van der Waals surface area contributed by atoms with Gasteiger partial charge in [-0.05, 0) is 13.8 Å². The van der Waals surface area contributed by atoms with Crippen molar-refractivity contribution in [3.05, 3.63) is 42.4 Å². The number of hydrogen-bond acceptors (Lipinski definition) is 2. The van der Waals surface area contributed by atoms with E-state index in [1.807, 2.05) is 54.9 Å². The van der Waals surface area contributed by atoms with Crippen molar-refractivity contribution in [2.45, 2.75) is 25.9 Å². The second-order valence-electron chi connectivity index (χ2n) is 5.12.